The molecule has 0 saturated carbocycles. The van der Waals surface area contributed by atoms with Gasteiger partial charge in [0.1, 0.15) is 0 Å². The number of aromatic nitrogens is 6. The average Bonchev–Trinajstić information content (AvgIpc) is 1.29. The summed E-state index contributed by atoms with van der Waals surface area (Å²) >= 11 is 3.64. The van der Waals surface area contributed by atoms with E-state index in [2.05, 4.69) is 278 Å². The van der Waals surface area contributed by atoms with Gasteiger partial charge in [-0.3, -0.25) is 9.97 Å². The molecule has 0 amide bonds. The van der Waals surface area contributed by atoms with E-state index in [1.807, 2.05) is 116 Å². The molecule has 4 aromatic heterocycles. The zero-order chi connectivity index (χ0) is 69.4. The molecule has 16 aromatic rings. The topological polar surface area (TPSA) is 95.8 Å². The number of hydrogen-bond donors (Lipinski definition) is 0. The molecular weight excluding hydrogens is 1310 g/mol. The van der Waals surface area contributed by atoms with Gasteiger partial charge in [-0.25, -0.2) is 19.9 Å². The van der Waals surface area contributed by atoms with Crippen LogP contribution < -0.4 is 5.46 Å². The van der Waals surface area contributed by atoms with Crippen molar-refractivity contribution in [3.8, 4) is 123 Å². The maximum atomic E-state index is 6.20. The first-order chi connectivity index (χ1) is 49.9. The van der Waals surface area contributed by atoms with E-state index in [1.165, 1.54) is 60.5 Å². The van der Waals surface area contributed by atoms with Gasteiger partial charge in [0.05, 0.1) is 34.0 Å². The Morgan fingerprint density at radius 3 is 0.912 bits per heavy atom. The lowest BCUT2D eigenvalue weighted by atomic mass is 9.79. The van der Waals surface area contributed by atoms with Crippen LogP contribution >= 0.6 is 15.9 Å². The molecule has 0 atom stereocenters. The van der Waals surface area contributed by atoms with Crippen LogP contribution in [0.2, 0.25) is 0 Å². The molecule has 0 bridgehead atoms. The Bertz CT molecular complexity index is 5410. The smallest absolute Gasteiger partial charge is 0.399 e. The molecule has 0 aliphatic carbocycles. The summed E-state index contributed by atoms with van der Waals surface area (Å²) in [4.78, 5) is 28.2. The fourth-order valence-corrected chi connectivity index (χ4v) is 13.3. The summed E-state index contributed by atoms with van der Waals surface area (Å²) in [5.74, 6) is 1.43. The molecule has 5 heterocycles. The summed E-state index contributed by atoms with van der Waals surface area (Å²) in [5, 5.41) is 4.95. The third-order valence-corrected chi connectivity index (χ3v) is 19.7. The van der Waals surface area contributed by atoms with Crippen molar-refractivity contribution in [2.24, 2.45) is 0 Å². The Morgan fingerprint density at radius 2 is 0.549 bits per heavy atom. The Hall–Kier alpha value is -11.9. The minimum Gasteiger partial charge on any atom is -0.399 e. The van der Waals surface area contributed by atoms with Gasteiger partial charge < -0.3 is 9.31 Å². The van der Waals surface area contributed by atoms with Crippen LogP contribution in [-0.4, -0.2) is 48.2 Å². The maximum Gasteiger partial charge on any atom is 0.494 e. The summed E-state index contributed by atoms with van der Waals surface area (Å²) in [5.41, 5.74) is 21.9. The normalized spacial score (nSPS) is 12.8. The summed E-state index contributed by atoms with van der Waals surface area (Å²) in [6.45, 7) is 8.27. The van der Waals surface area contributed by atoms with E-state index in [4.69, 9.17) is 29.2 Å². The standard InChI is InChI=1S/C43H29N3.C28H27BN2O2.C21H14BrN/c1-3-10-33(11-4-1)41-28-42(46-43(45-41)35-12-5-2-6-13-35)34-23-21-32(22-24-34)38-26-25-37(39-15-7-8-16-40(38)39)31-19-17-30(18-20-31)36-14-9-27-44-29-36;1-27(2)28(3,4)33-29(32-27)23-17-15-21(16-18-23)25-19-24(20-11-7-5-8-12-20)30-26(31-25)22-13-9-6-10-14-22;22-21-12-11-18(19-5-1-2-6-20(19)21)16-9-7-15(8-10-16)17-4-3-13-23-14-17/h1-29H;5-19H,1-4H3;1-14H. The van der Waals surface area contributed by atoms with Crippen LogP contribution in [0.15, 0.2) is 357 Å². The zero-order valence-corrected chi connectivity index (χ0v) is 58.5. The Morgan fingerprint density at radius 1 is 0.265 bits per heavy atom. The van der Waals surface area contributed by atoms with Crippen molar-refractivity contribution >= 4 is 50.1 Å². The minimum absolute atomic E-state index is 0.363. The molecule has 0 unspecified atom stereocenters. The van der Waals surface area contributed by atoms with Crippen LogP contribution in [0, 0.1) is 0 Å². The van der Waals surface area contributed by atoms with Gasteiger partial charge in [0.2, 0.25) is 0 Å². The molecule has 17 rings (SSSR count). The van der Waals surface area contributed by atoms with Gasteiger partial charge in [0.25, 0.3) is 0 Å². The van der Waals surface area contributed by atoms with Gasteiger partial charge in [-0.2, -0.15) is 0 Å². The number of rotatable bonds is 12. The lowest BCUT2D eigenvalue weighted by Crippen LogP contribution is -2.41. The summed E-state index contributed by atoms with van der Waals surface area (Å²) < 4.78 is 13.5. The monoisotopic (exact) mass is 1380 g/mol. The molecule has 0 spiro atoms. The molecule has 1 aliphatic rings. The largest absolute Gasteiger partial charge is 0.494 e. The van der Waals surface area contributed by atoms with Gasteiger partial charge in [0, 0.05) is 62.6 Å². The first kappa shape index (κ1) is 66.0. The second kappa shape index (κ2) is 29.5. The molecule has 0 radical (unpaired) electrons. The Kier molecular flexibility index (Phi) is 19.1. The molecule has 10 heteroatoms. The van der Waals surface area contributed by atoms with Crippen LogP contribution in [0.5, 0.6) is 0 Å². The number of hydrogen-bond acceptors (Lipinski definition) is 8. The third-order valence-electron chi connectivity index (χ3n) is 19.1. The van der Waals surface area contributed by atoms with E-state index in [0.29, 0.717) is 5.82 Å². The fourth-order valence-electron chi connectivity index (χ4n) is 12.8. The van der Waals surface area contributed by atoms with E-state index in [-0.39, 0.29) is 18.3 Å². The van der Waals surface area contributed by atoms with Crippen molar-refractivity contribution in [2.75, 3.05) is 0 Å². The Labute approximate surface area is 604 Å². The number of fused-ring (bicyclic) bond motifs is 2. The molecule has 1 fully saturated rings. The summed E-state index contributed by atoms with van der Waals surface area (Å²) in [6.07, 6.45) is 7.40. The quantitative estimate of drug-likeness (QED) is 0.112. The van der Waals surface area contributed by atoms with E-state index >= 15 is 0 Å². The highest BCUT2D eigenvalue weighted by molar-refractivity contribution is 9.10. The predicted molar refractivity (Wildman–Crippen MR) is 424 cm³/mol. The van der Waals surface area contributed by atoms with Crippen molar-refractivity contribution in [3.63, 3.8) is 0 Å². The van der Waals surface area contributed by atoms with Crippen molar-refractivity contribution < 1.29 is 9.31 Å². The van der Waals surface area contributed by atoms with E-state index in [9.17, 15) is 0 Å². The van der Waals surface area contributed by atoms with Crippen molar-refractivity contribution in [1.82, 2.24) is 29.9 Å². The molecule has 102 heavy (non-hydrogen) atoms. The highest BCUT2D eigenvalue weighted by Gasteiger charge is 2.51. The second-order valence-corrected chi connectivity index (χ2v) is 27.0. The van der Waals surface area contributed by atoms with Gasteiger partial charge in [-0.05, 0) is 141 Å². The molecule has 8 nitrogen and oxygen atoms in total. The highest BCUT2D eigenvalue weighted by atomic mass is 79.9. The molecule has 0 N–H and O–H groups in total. The fraction of sp³-hybridized carbons (Fsp3) is 0.0652. The van der Waals surface area contributed by atoms with Crippen molar-refractivity contribution in [3.05, 3.63) is 357 Å². The average molecular weight is 1380 g/mol. The van der Waals surface area contributed by atoms with Gasteiger partial charge in [-0.1, -0.05) is 313 Å². The van der Waals surface area contributed by atoms with Crippen LogP contribution in [0.1, 0.15) is 27.7 Å². The van der Waals surface area contributed by atoms with Crippen molar-refractivity contribution in [2.45, 2.75) is 38.9 Å². The summed E-state index contributed by atoms with van der Waals surface area (Å²) in [7, 11) is -0.380. The lowest BCUT2D eigenvalue weighted by Gasteiger charge is -2.32. The van der Waals surface area contributed by atoms with Crippen LogP contribution in [-0.2, 0) is 9.31 Å². The van der Waals surface area contributed by atoms with E-state index in [0.717, 1.165) is 88.6 Å². The number of benzene rings is 12. The lowest BCUT2D eigenvalue weighted by molar-refractivity contribution is 0.00578. The van der Waals surface area contributed by atoms with Crippen LogP contribution in [0.25, 0.3) is 145 Å². The molecule has 12 aromatic carbocycles. The first-order valence-corrected chi connectivity index (χ1v) is 35.0. The van der Waals surface area contributed by atoms with Crippen LogP contribution in [0.3, 0.4) is 0 Å². The van der Waals surface area contributed by atoms with Crippen molar-refractivity contribution in [1.29, 1.82) is 0 Å². The summed E-state index contributed by atoms with van der Waals surface area (Å²) in [6, 6.07) is 113. The molecule has 1 saturated heterocycles. The third kappa shape index (κ3) is 14.4. The highest BCUT2D eigenvalue weighted by Crippen LogP contribution is 2.40. The number of halogens is 1. The predicted octanol–water partition coefficient (Wildman–Crippen LogP) is 23.1. The Balaban J connectivity index is 0.000000131. The first-order valence-electron chi connectivity index (χ1n) is 34.2. The molecule has 490 valence electrons. The van der Waals surface area contributed by atoms with E-state index < -0.39 is 0 Å². The number of pyridine rings is 2. The second-order valence-electron chi connectivity index (χ2n) is 26.2. The van der Waals surface area contributed by atoms with Gasteiger partial charge in [0.15, 0.2) is 11.6 Å². The minimum atomic E-state index is -0.380. The zero-order valence-electron chi connectivity index (χ0n) is 56.9. The van der Waals surface area contributed by atoms with Crippen LogP contribution in [0.4, 0.5) is 0 Å². The van der Waals surface area contributed by atoms with E-state index in [1.54, 1.807) is 12.4 Å². The molecule has 1 aliphatic heterocycles. The SMILES string of the molecule is Brc1ccc(-c2ccc(-c3cccnc3)cc2)c2ccccc12.CC1(C)OB(c2ccc(-c3cc(-c4ccccc4)nc(-c4ccccc4)n3)cc2)OC1(C)C.c1ccc(-c2cc(-c3ccc(-c4ccc(-c5ccc(-c6cccnc6)cc5)c5ccccc45)cc3)nc(-c3ccccc3)n2)cc1. The molecular formula is C92H70BBrN6O2. The van der Waals surface area contributed by atoms with Gasteiger partial charge >= 0.3 is 7.12 Å². The number of nitrogens with zero attached hydrogens (tertiary/aromatic N) is 6. The maximum absolute atomic E-state index is 6.20. The van der Waals surface area contributed by atoms with Gasteiger partial charge in [-0.15, -0.1) is 0 Å².